The number of rotatable bonds is 3. The van der Waals surface area contributed by atoms with Crippen molar-refractivity contribution < 1.29 is 4.52 Å². The second kappa shape index (κ2) is 4.77. The van der Waals surface area contributed by atoms with E-state index < -0.39 is 0 Å². The van der Waals surface area contributed by atoms with Crippen LogP contribution >= 0.6 is 27.5 Å². The molecule has 0 aliphatic carbocycles. The van der Waals surface area contributed by atoms with Crippen molar-refractivity contribution >= 4 is 27.5 Å². The standard InChI is InChI=1S/C10H8BrClN2O/c11-8-3-1-2-7(4-8)5-9-13-10(6-12)15-14-9/h1-4H,5-6H2. The van der Waals surface area contributed by atoms with E-state index in [1.54, 1.807) is 0 Å². The molecule has 0 saturated heterocycles. The Kier molecular flexibility index (Phi) is 3.38. The Balaban J connectivity index is 2.14. The van der Waals surface area contributed by atoms with Gasteiger partial charge in [-0.3, -0.25) is 0 Å². The van der Waals surface area contributed by atoms with Crippen molar-refractivity contribution in [1.29, 1.82) is 0 Å². The van der Waals surface area contributed by atoms with Crippen LogP contribution in [-0.2, 0) is 12.3 Å². The van der Waals surface area contributed by atoms with Crippen LogP contribution in [0.5, 0.6) is 0 Å². The number of hydrogen-bond acceptors (Lipinski definition) is 3. The van der Waals surface area contributed by atoms with E-state index in [0.29, 0.717) is 18.1 Å². The molecule has 2 rings (SSSR count). The predicted molar refractivity (Wildman–Crippen MR) is 60.8 cm³/mol. The first-order valence-electron chi connectivity index (χ1n) is 4.40. The third kappa shape index (κ3) is 2.79. The number of alkyl halides is 1. The topological polar surface area (TPSA) is 38.9 Å². The highest BCUT2D eigenvalue weighted by atomic mass is 79.9. The number of aromatic nitrogens is 2. The summed E-state index contributed by atoms with van der Waals surface area (Å²) in [6, 6.07) is 7.99. The first kappa shape index (κ1) is 10.6. The minimum Gasteiger partial charge on any atom is -0.338 e. The molecule has 0 amide bonds. The highest BCUT2D eigenvalue weighted by molar-refractivity contribution is 9.10. The smallest absolute Gasteiger partial charge is 0.241 e. The van der Waals surface area contributed by atoms with E-state index in [-0.39, 0.29) is 5.88 Å². The molecule has 0 spiro atoms. The Bertz CT molecular complexity index is 458. The van der Waals surface area contributed by atoms with Crippen LogP contribution in [0.15, 0.2) is 33.3 Å². The maximum absolute atomic E-state index is 5.56. The van der Waals surface area contributed by atoms with Crippen LogP contribution < -0.4 is 0 Å². The van der Waals surface area contributed by atoms with Crippen LogP contribution in [0, 0.1) is 0 Å². The zero-order chi connectivity index (χ0) is 10.7. The molecule has 0 fully saturated rings. The molecule has 0 unspecified atom stereocenters. The molecule has 2 aromatic rings. The van der Waals surface area contributed by atoms with Gasteiger partial charge in [0.1, 0.15) is 5.88 Å². The summed E-state index contributed by atoms with van der Waals surface area (Å²) >= 11 is 8.97. The summed E-state index contributed by atoms with van der Waals surface area (Å²) in [4.78, 5) is 4.13. The van der Waals surface area contributed by atoms with E-state index in [0.717, 1.165) is 10.0 Å². The van der Waals surface area contributed by atoms with Crippen LogP contribution in [-0.4, -0.2) is 10.1 Å². The molecule has 5 heteroatoms. The molecule has 1 aromatic carbocycles. The van der Waals surface area contributed by atoms with Crippen molar-refractivity contribution in [3.63, 3.8) is 0 Å². The predicted octanol–water partition coefficient (Wildman–Crippen LogP) is 3.16. The van der Waals surface area contributed by atoms with Gasteiger partial charge in [0.05, 0.1) is 0 Å². The second-order valence-electron chi connectivity index (χ2n) is 3.04. The van der Waals surface area contributed by atoms with Crippen molar-refractivity contribution in [2.24, 2.45) is 0 Å². The molecule has 0 radical (unpaired) electrons. The Morgan fingerprint density at radius 1 is 1.40 bits per heavy atom. The van der Waals surface area contributed by atoms with Gasteiger partial charge in [-0.2, -0.15) is 4.98 Å². The van der Waals surface area contributed by atoms with Crippen LogP contribution in [0.2, 0.25) is 0 Å². The molecule has 78 valence electrons. The van der Waals surface area contributed by atoms with E-state index in [1.807, 2.05) is 24.3 Å². The molecule has 1 heterocycles. The average Bonchev–Trinajstić information content (AvgIpc) is 2.65. The summed E-state index contributed by atoms with van der Waals surface area (Å²) < 4.78 is 5.95. The molecular formula is C10H8BrClN2O. The van der Waals surface area contributed by atoms with Gasteiger partial charge >= 0.3 is 0 Å². The van der Waals surface area contributed by atoms with Crippen LogP contribution in [0.25, 0.3) is 0 Å². The van der Waals surface area contributed by atoms with Gasteiger partial charge in [-0.05, 0) is 17.7 Å². The zero-order valence-electron chi connectivity index (χ0n) is 7.78. The van der Waals surface area contributed by atoms with Gasteiger partial charge in [0.2, 0.25) is 5.89 Å². The minimum atomic E-state index is 0.255. The van der Waals surface area contributed by atoms with E-state index >= 15 is 0 Å². The number of benzene rings is 1. The highest BCUT2D eigenvalue weighted by Crippen LogP contribution is 2.14. The SMILES string of the molecule is ClCc1nc(Cc2cccc(Br)c2)no1. The molecular weight excluding hydrogens is 279 g/mol. The molecule has 0 N–H and O–H groups in total. The second-order valence-corrected chi connectivity index (χ2v) is 4.23. The van der Waals surface area contributed by atoms with Gasteiger partial charge in [-0.25, -0.2) is 0 Å². The fourth-order valence-electron chi connectivity index (χ4n) is 1.25. The lowest BCUT2D eigenvalue weighted by Gasteiger charge is -1.96. The molecule has 0 atom stereocenters. The Labute approximate surface area is 101 Å². The van der Waals surface area contributed by atoms with Crippen molar-refractivity contribution in [2.45, 2.75) is 12.3 Å². The van der Waals surface area contributed by atoms with Crippen molar-refractivity contribution in [1.82, 2.24) is 10.1 Å². The largest absolute Gasteiger partial charge is 0.338 e. The van der Waals surface area contributed by atoms with Gasteiger partial charge in [0.15, 0.2) is 5.82 Å². The lowest BCUT2D eigenvalue weighted by Crippen LogP contribution is -1.90. The van der Waals surface area contributed by atoms with Gasteiger partial charge in [0, 0.05) is 10.9 Å². The van der Waals surface area contributed by atoms with Crippen LogP contribution in [0.1, 0.15) is 17.3 Å². The van der Waals surface area contributed by atoms with Crippen LogP contribution in [0.3, 0.4) is 0 Å². The summed E-state index contributed by atoms with van der Waals surface area (Å²) in [5.74, 6) is 1.37. The fourth-order valence-corrected chi connectivity index (χ4v) is 1.80. The Morgan fingerprint density at radius 2 is 2.27 bits per heavy atom. The van der Waals surface area contributed by atoms with E-state index in [9.17, 15) is 0 Å². The first-order valence-corrected chi connectivity index (χ1v) is 5.72. The Hall–Kier alpha value is -0.870. The Morgan fingerprint density at radius 3 is 2.93 bits per heavy atom. The highest BCUT2D eigenvalue weighted by Gasteiger charge is 2.05. The van der Waals surface area contributed by atoms with Crippen LogP contribution in [0.4, 0.5) is 0 Å². The molecule has 0 bridgehead atoms. The van der Waals surface area contributed by atoms with Gasteiger partial charge in [-0.15, -0.1) is 11.6 Å². The van der Waals surface area contributed by atoms with Gasteiger partial charge < -0.3 is 4.52 Å². The normalized spacial score (nSPS) is 10.5. The number of nitrogens with zero attached hydrogens (tertiary/aromatic N) is 2. The summed E-state index contributed by atoms with van der Waals surface area (Å²) in [6.45, 7) is 0. The van der Waals surface area contributed by atoms with Crippen molar-refractivity contribution in [2.75, 3.05) is 0 Å². The van der Waals surface area contributed by atoms with E-state index in [4.69, 9.17) is 16.1 Å². The van der Waals surface area contributed by atoms with E-state index in [2.05, 4.69) is 26.1 Å². The molecule has 0 saturated carbocycles. The number of halogens is 2. The van der Waals surface area contributed by atoms with Gasteiger partial charge in [0.25, 0.3) is 0 Å². The third-order valence-electron chi connectivity index (χ3n) is 1.88. The maximum Gasteiger partial charge on any atom is 0.241 e. The maximum atomic E-state index is 5.56. The molecule has 3 nitrogen and oxygen atoms in total. The monoisotopic (exact) mass is 286 g/mol. The lowest BCUT2D eigenvalue weighted by atomic mass is 10.1. The molecule has 15 heavy (non-hydrogen) atoms. The zero-order valence-corrected chi connectivity index (χ0v) is 10.1. The van der Waals surface area contributed by atoms with Crippen molar-refractivity contribution in [3.05, 3.63) is 46.0 Å². The molecule has 1 aromatic heterocycles. The average molecular weight is 288 g/mol. The summed E-state index contributed by atoms with van der Waals surface area (Å²) in [6.07, 6.45) is 0.653. The lowest BCUT2D eigenvalue weighted by molar-refractivity contribution is 0.385. The minimum absolute atomic E-state index is 0.255. The summed E-state index contributed by atoms with van der Waals surface area (Å²) in [5.41, 5.74) is 1.13. The van der Waals surface area contributed by atoms with Crippen molar-refractivity contribution in [3.8, 4) is 0 Å². The third-order valence-corrected chi connectivity index (χ3v) is 2.60. The summed E-state index contributed by atoms with van der Waals surface area (Å²) in [7, 11) is 0. The fraction of sp³-hybridized carbons (Fsp3) is 0.200. The molecule has 0 aliphatic rings. The van der Waals surface area contributed by atoms with E-state index in [1.165, 1.54) is 0 Å². The quantitative estimate of drug-likeness (QED) is 0.814. The number of hydrogen-bond donors (Lipinski definition) is 0. The summed E-state index contributed by atoms with van der Waals surface area (Å²) in [5, 5.41) is 3.83. The molecule has 0 aliphatic heterocycles. The first-order chi connectivity index (χ1) is 7.28. The van der Waals surface area contributed by atoms with Gasteiger partial charge in [-0.1, -0.05) is 33.2 Å².